The molecule has 1 heterocycles. The highest BCUT2D eigenvalue weighted by atomic mass is 79.9. The van der Waals surface area contributed by atoms with Crippen LogP contribution in [0.15, 0.2) is 46.9 Å². The monoisotopic (exact) mass is 463 g/mol. The number of fused-ring (bicyclic) bond motifs is 1. The van der Waals surface area contributed by atoms with Gasteiger partial charge in [0.05, 0.1) is 22.5 Å². The fraction of sp³-hybridized carbons (Fsp3) is 0.211. The number of thioether (sulfide) groups is 1. The Morgan fingerprint density at radius 3 is 2.78 bits per heavy atom. The first-order valence-electron chi connectivity index (χ1n) is 8.26. The number of nitrogens with zero attached hydrogens (tertiary/aromatic N) is 1. The van der Waals surface area contributed by atoms with Gasteiger partial charge in [0.1, 0.15) is 5.01 Å². The first-order chi connectivity index (χ1) is 13.0. The average molecular weight is 464 g/mol. The minimum Gasteiger partial charge on any atom is -0.346 e. The summed E-state index contributed by atoms with van der Waals surface area (Å²) in [7, 11) is 0. The van der Waals surface area contributed by atoms with E-state index in [0.29, 0.717) is 11.5 Å². The van der Waals surface area contributed by atoms with Crippen LogP contribution in [0.1, 0.15) is 10.6 Å². The number of rotatable bonds is 7. The first-order valence-corrected chi connectivity index (χ1v) is 11.0. The van der Waals surface area contributed by atoms with E-state index in [1.807, 2.05) is 49.4 Å². The molecule has 2 amide bonds. The molecule has 2 aromatic carbocycles. The van der Waals surface area contributed by atoms with Gasteiger partial charge in [0.2, 0.25) is 11.8 Å². The lowest BCUT2D eigenvalue weighted by atomic mass is 10.2. The summed E-state index contributed by atoms with van der Waals surface area (Å²) in [4.78, 5) is 28.5. The van der Waals surface area contributed by atoms with E-state index in [4.69, 9.17) is 0 Å². The van der Waals surface area contributed by atoms with Crippen molar-refractivity contribution in [3.8, 4) is 0 Å². The zero-order valence-corrected chi connectivity index (χ0v) is 17.8. The highest BCUT2D eigenvalue weighted by Crippen LogP contribution is 2.24. The van der Waals surface area contributed by atoms with Gasteiger partial charge in [0.25, 0.3) is 0 Å². The molecule has 3 aromatic rings. The van der Waals surface area contributed by atoms with Gasteiger partial charge < -0.3 is 10.6 Å². The number of nitrogens with one attached hydrogen (secondary N) is 2. The standard InChI is InChI=1S/C19H18BrN3O2S2/c1-12-8-13(20)6-7-14(12)22-17(24)9-21-18(25)10-26-11-19-23-15-4-2-3-5-16(15)27-19/h2-8H,9-11H2,1H3,(H,21,25)(H,22,24). The Balaban J connectivity index is 1.39. The zero-order chi connectivity index (χ0) is 19.2. The van der Waals surface area contributed by atoms with Crippen molar-refractivity contribution in [3.05, 3.63) is 57.5 Å². The van der Waals surface area contributed by atoms with Crippen LogP contribution in [-0.2, 0) is 15.3 Å². The van der Waals surface area contributed by atoms with Crippen molar-refractivity contribution < 1.29 is 9.59 Å². The molecule has 2 N–H and O–H groups in total. The van der Waals surface area contributed by atoms with Gasteiger partial charge in [-0.1, -0.05) is 28.1 Å². The van der Waals surface area contributed by atoms with Gasteiger partial charge in [0, 0.05) is 15.9 Å². The van der Waals surface area contributed by atoms with Crippen LogP contribution < -0.4 is 10.6 Å². The highest BCUT2D eigenvalue weighted by Gasteiger charge is 2.09. The Morgan fingerprint density at radius 1 is 1.19 bits per heavy atom. The molecule has 27 heavy (non-hydrogen) atoms. The van der Waals surface area contributed by atoms with Gasteiger partial charge in [-0.25, -0.2) is 4.98 Å². The highest BCUT2D eigenvalue weighted by molar-refractivity contribution is 9.10. The summed E-state index contributed by atoms with van der Waals surface area (Å²) in [5, 5.41) is 6.45. The molecule has 0 bridgehead atoms. The number of hydrogen-bond donors (Lipinski definition) is 2. The fourth-order valence-electron chi connectivity index (χ4n) is 2.40. The topological polar surface area (TPSA) is 71.1 Å². The predicted molar refractivity (Wildman–Crippen MR) is 116 cm³/mol. The maximum absolute atomic E-state index is 12.0. The quantitative estimate of drug-likeness (QED) is 0.545. The third kappa shape index (κ3) is 5.79. The summed E-state index contributed by atoms with van der Waals surface area (Å²) in [6, 6.07) is 13.6. The molecular formula is C19H18BrN3O2S2. The molecule has 5 nitrogen and oxygen atoms in total. The summed E-state index contributed by atoms with van der Waals surface area (Å²) in [6.45, 7) is 1.87. The van der Waals surface area contributed by atoms with Crippen molar-refractivity contribution in [2.75, 3.05) is 17.6 Å². The Bertz CT molecular complexity index is 941. The zero-order valence-electron chi connectivity index (χ0n) is 14.6. The lowest BCUT2D eigenvalue weighted by Crippen LogP contribution is -2.34. The minimum absolute atomic E-state index is 0.0456. The van der Waals surface area contributed by atoms with Crippen molar-refractivity contribution in [2.24, 2.45) is 0 Å². The summed E-state index contributed by atoms with van der Waals surface area (Å²) in [5.41, 5.74) is 2.68. The molecule has 0 fully saturated rings. The van der Waals surface area contributed by atoms with E-state index in [-0.39, 0.29) is 18.4 Å². The van der Waals surface area contributed by atoms with Crippen LogP contribution in [0.25, 0.3) is 10.2 Å². The number of para-hydroxylation sites is 1. The molecule has 1 aromatic heterocycles. The predicted octanol–water partition coefficient (Wildman–Crippen LogP) is 4.36. The number of aromatic nitrogens is 1. The van der Waals surface area contributed by atoms with Gasteiger partial charge in [-0.3, -0.25) is 9.59 Å². The van der Waals surface area contributed by atoms with Crippen LogP contribution >= 0.6 is 39.0 Å². The van der Waals surface area contributed by atoms with Crippen LogP contribution in [0, 0.1) is 6.92 Å². The number of benzene rings is 2. The molecule has 140 valence electrons. The van der Waals surface area contributed by atoms with Crippen LogP contribution in [0.4, 0.5) is 5.69 Å². The summed E-state index contributed by atoms with van der Waals surface area (Å²) >= 11 is 6.52. The Kier molecular flexibility index (Phi) is 6.87. The van der Waals surface area contributed by atoms with Gasteiger partial charge in [-0.15, -0.1) is 23.1 Å². The fourth-order valence-corrected chi connectivity index (χ4v) is 4.76. The number of aryl methyl sites for hydroxylation is 1. The Hall–Kier alpha value is -1.90. The number of anilines is 1. The normalized spacial score (nSPS) is 10.7. The first kappa shape index (κ1) is 19.9. The number of carbonyl (C=O) groups is 2. The second kappa shape index (κ2) is 9.34. The number of carbonyl (C=O) groups excluding carboxylic acids is 2. The van der Waals surface area contributed by atoms with Gasteiger partial charge >= 0.3 is 0 Å². The summed E-state index contributed by atoms with van der Waals surface area (Å²) in [5.74, 6) is 0.561. The number of amides is 2. The molecule has 0 aliphatic rings. The number of hydrogen-bond acceptors (Lipinski definition) is 5. The van der Waals surface area contributed by atoms with E-state index in [2.05, 4.69) is 31.5 Å². The van der Waals surface area contributed by atoms with E-state index < -0.39 is 0 Å². The van der Waals surface area contributed by atoms with E-state index in [9.17, 15) is 9.59 Å². The molecular weight excluding hydrogens is 446 g/mol. The second-order valence-electron chi connectivity index (χ2n) is 5.85. The maximum atomic E-state index is 12.0. The summed E-state index contributed by atoms with van der Waals surface area (Å²) < 4.78 is 2.11. The maximum Gasteiger partial charge on any atom is 0.243 e. The SMILES string of the molecule is Cc1cc(Br)ccc1NC(=O)CNC(=O)CSCc1nc2ccccc2s1. The molecule has 0 aliphatic heterocycles. The van der Waals surface area contributed by atoms with Gasteiger partial charge in [0.15, 0.2) is 0 Å². The molecule has 0 spiro atoms. The second-order valence-corrected chi connectivity index (χ2v) is 8.87. The van der Waals surface area contributed by atoms with Gasteiger partial charge in [-0.2, -0.15) is 0 Å². The lowest BCUT2D eigenvalue weighted by molar-refractivity contribution is -0.122. The van der Waals surface area contributed by atoms with Crippen LogP contribution in [0.2, 0.25) is 0 Å². The third-order valence-electron chi connectivity index (χ3n) is 3.71. The van der Waals surface area contributed by atoms with E-state index in [1.54, 1.807) is 11.3 Å². The third-order valence-corrected chi connectivity index (χ3v) is 6.36. The van der Waals surface area contributed by atoms with Gasteiger partial charge in [-0.05, 0) is 42.8 Å². The molecule has 3 rings (SSSR count). The van der Waals surface area contributed by atoms with Crippen LogP contribution in [0.5, 0.6) is 0 Å². The van der Waals surface area contributed by atoms with E-state index in [1.165, 1.54) is 11.8 Å². The van der Waals surface area contributed by atoms with E-state index in [0.717, 1.165) is 30.9 Å². The Labute approximate surface area is 174 Å². The van der Waals surface area contributed by atoms with Crippen molar-refractivity contribution in [2.45, 2.75) is 12.7 Å². The minimum atomic E-state index is -0.245. The molecule has 0 unspecified atom stereocenters. The number of thiazole rings is 1. The smallest absolute Gasteiger partial charge is 0.243 e. The molecule has 8 heteroatoms. The average Bonchev–Trinajstić information content (AvgIpc) is 3.05. The van der Waals surface area contributed by atoms with Crippen molar-refractivity contribution >= 4 is 66.7 Å². The molecule has 0 atom stereocenters. The largest absolute Gasteiger partial charge is 0.346 e. The van der Waals surface area contributed by atoms with Crippen molar-refractivity contribution in [1.82, 2.24) is 10.3 Å². The number of halogens is 1. The molecule has 0 saturated heterocycles. The molecule has 0 radical (unpaired) electrons. The van der Waals surface area contributed by atoms with Crippen molar-refractivity contribution in [3.63, 3.8) is 0 Å². The van der Waals surface area contributed by atoms with Crippen molar-refractivity contribution in [1.29, 1.82) is 0 Å². The van der Waals surface area contributed by atoms with Crippen LogP contribution in [-0.4, -0.2) is 29.1 Å². The lowest BCUT2D eigenvalue weighted by Gasteiger charge is -2.09. The summed E-state index contributed by atoms with van der Waals surface area (Å²) in [6.07, 6.45) is 0. The Morgan fingerprint density at radius 2 is 2.00 bits per heavy atom. The molecule has 0 aliphatic carbocycles. The van der Waals surface area contributed by atoms with Crippen LogP contribution in [0.3, 0.4) is 0 Å². The molecule has 0 saturated carbocycles. The van der Waals surface area contributed by atoms with E-state index >= 15 is 0 Å².